The Kier molecular flexibility index (Phi) is 5.51. The number of carbonyl (C=O) groups excluding carboxylic acids is 1. The molecule has 7 heteroatoms. The van der Waals surface area contributed by atoms with Crippen molar-refractivity contribution in [3.05, 3.63) is 33.9 Å². The molecule has 1 aromatic carbocycles. The van der Waals surface area contributed by atoms with Crippen molar-refractivity contribution in [2.75, 3.05) is 7.11 Å². The summed E-state index contributed by atoms with van der Waals surface area (Å²) in [6, 6.07) is 3.14. The van der Waals surface area contributed by atoms with E-state index in [0.717, 1.165) is 38.0 Å². The highest BCUT2D eigenvalue weighted by Crippen LogP contribution is 2.40. The summed E-state index contributed by atoms with van der Waals surface area (Å²) < 4.78 is 49.6. The van der Waals surface area contributed by atoms with Crippen LogP contribution in [0.3, 0.4) is 0 Å². The lowest BCUT2D eigenvalue weighted by molar-refractivity contribution is -0.187. The highest BCUT2D eigenvalue weighted by molar-refractivity contribution is 6.31. The Morgan fingerprint density at radius 2 is 1.96 bits per heavy atom. The van der Waals surface area contributed by atoms with Crippen molar-refractivity contribution in [1.29, 1.82) is 0 Å². The third-order valence-electron chi connectivity index (χ3n) is 4.97. The lowest BCUT2D eigenvalue weighted by Gasteiger charge is -2.28. The van der Waals surface area contributed by atoms with Gasteiger partial charge in [-0.1, -0.05) is 43.7 Å². The molecule has 1 fully saturated rings. The van der Waals surface area contributed by atoms with Crippen molar-refractivity contribution >= 4 is 23.6 Å². The van der Waals surface area contributed by atoms with Crippen LogP contribution in [0.5, 0.6) is 5.75 Å². The van der Waals surface area contributed by atoms with E-state index in [1.807, 2.05) is 0 Å². The molecule has 3 rings (SSSR count). The first-order valence-electron chi connectivity index (χ1n) is 8.65. The second kappa shape index (κ2) is 7.51. The van der Waals surface area contributed by atoms with Crippen molar-refractivity contribution in [2.45, 2.75) is 50.8 Å². The van der Waals surface area contributed by atoms with Crippen LogP contribution in [0.25, 0.3) is 6.08 Å². The van der Waals surface area contributed by atoms with Gasteiger partial charge in [0.1, 0.15) is 5.75 Å². The summed E-state index contributed by atoms with van der Waals surface area (Å²) in [4.78, 5) is 11.7. The Labute approximate surface area is 155 Å². The van der Waals surface area contributed by atoms with Crippen LogP contribution >= 0.6 is 11.6 Å². The van der Waals surface area contributed by atoms with E-state index in [2.05, 4.69) is 4.74 Å². The molecule has 0 amide bonds. The molecule has 0 saturated heterocycles. The summed E-state index contributed by atoms with van der Waals surface area (Å²) in [6.07, 6.45) is 0.589. The monoisotopic (exact) mass is 388 g/mol. The summed E-state index contributed by atoms with van der Waals surface area (Å²) in [5, 5.41) is 0.476. The largest absolute Gasteiger partial charge is 0.475 e. The van der Waals surface area contributed by atoms with Crippen LogP contribution in [0.15, 0.2) is 17.7 Å². The van der Waals surface area contributed by atoms with Crippen LogP contribution in [0.4, 0.5) is 13.2 Å². The summed E-state index contributed by atoms with van der Waals surface area (Å²) in [5.74, 6) is -0.488. The molecular weight excluding hydrogens is 369 g/mol. The van der Waals surface area contributed by atoms with E-state index in [1.165, 1.54) is 19.3 Å². The zero-order valence-electron chi connectivity index (χ0n) is 14.4. The van der Waals surface area contributed by atoms with Crippen molar-refractivity contribution in [1.82, 2.24) is 0 Å². The molecule has 0 N–H and O–H groups in total. The van der Waals surface area contributed by atoms with Crippen LogP contribution < -0.4 is 4.74 Å². The SMILES string of the molecule is COC(=O)C1=Cc2cc(Cl)c(CC3CCCCC3)cc2OC1C(F)(F)F. The molecular formula is C19H20ClF3O3. The van der Waals surface area contributed by atoms with Gasteiger partial charge in [-0.15, -0.1) is 0 Å². The summed E-state index contributed by atoms with van der Waals surface area (Å²) in [5.41, 5.74) is 0.556. The second-order valence-electron chi connectivity index (χ2n) is 6.82. The van der Waals surface area contributed by atoms with Gasteiger partial charge in [0.15, 0.2) is 0 Å². The quantitative estimate of drug-likeness (QED) is 0.655. The molecule has 1 aromatic rings. The average Bonchev–Trinajstić information content (AvgIpc) is 2.61. The number of alkyl halides is 3. The number of esters is 1. The predicted octanol–water partition coefficient (Wildman–Crippen LogP) is 5.34. The van der Waals surface area contributed by atoms with Crippen LogP contribution in [-0.2, 0) is 16.0 Å². The van der Waals surface area contributed by atoms with E-state index in [9.17, 15) is 18.0 Å². The molecule has 1 atom stereocenters. The third-order valence-corrected chi connectivity index (χ3v) is 5.32. The van der Waals surface area contributed by atoms with E-state index in [1.54, 1.807) is 12.1 Å². The number of benzene rings is 1. The summed E-state index contributed by atoms with van der Waals surface area (Å²) in [6.45, 7) is 0. The fourth-order valence-corrected chi connectivity index (χ4v) is 3.89. The molecule has 142 valence electrons. The van der Waals surface area contributed by atoms with E-state index >= 15 is 0 Å². The second-order valence-corrected chi connectivity index (χ2v) is 7.23. The maximum absolute atomic E-state index is 13.3. The Bertz CT molecular complexity index is 721. The first kappa shape index (κ1) is 19.1. The molecule has 0 spiro atoms. The number of halogens is 4. The van der Waals surface area contributed by atoms with Crippen molar-refractivity contribution < 1.29 is 27.4 Å². The fourth-order valence-electron chi connectivity index (χ4n) is 3.65. The maximum Gasteiger partial charge on any atom is 0.430 e. The lowest BCUT2D eigenvalue weighted by Crippen LogP contribution is -2.40. The minimum absolute atomic E-state index is 0.0928. The predicted molar refractivity (Wildman–Crippen MR) is 92.2 cm³/mol. The Balaban J connectivity index is 1.94. The number of rotatable bonds is 3. The average molecular weight is 389 g/mol. The molecule has 26 heavy (non-hydrogen) atoms. The van der Waals surface area contributed by atoms with Gasteiger partial charge in [0, 0.05) is 10.6 Å². The summed E-state index contributed by atoms with van der Waals surface area (Å²) >= 11 is 6.34. The molecule has 1 saturated carbocycles. The van der Waals surface area contributed by atoms with E-state index in [4.69, 9.17) is 16.3 Å². The molecule has 0 aromatic heterocycles. The van der Waals surface area contributed by atoms with E-state index in [0.29, 0.717) is 16.5 Å². The van der Waals surface area contributed by atoms with Gasteiger partial charge >= 0.3 is 12.1 Å². The van der Waals surface area contributed by atoms with Crippen molar-refractivity contribution in [3.8, 4) is 5.75 Å². The number of ether oxygens (including phenoxy) is 2. The highest BCUT2D eigenvalue weighted by atomic mass is 35.5. The molecule has 3 nitrogen and oxygen atoms in total. The number of hydrogen-bond donors (Lipinski definition) is 0. The third kappa shape index (κ3) is 4.00. The van der Waals surface area contributed by atoms with Gasteiger partial charge in [0.05, 0.1) is 12.7 Å². The Morgan fingerprint density at radius 1 is 1.27 bits per heavy atom. The molecule has 1 aliphatic heterocycles. The van der Waals surface area contributed by atoms with Crippen LogP contribution in [-0.4, -0.2) is 25.4 Å². The smallest absolute Gasteiger partial charge is 0.430 e. The Hall–Kier alpha value is -1.69. The first-order valence-corrected chi connectivity index (χ1v) is 9.03. The van der Waals surface area contributed by atoms with Gasteiger partial charge in [-0.05, 0) is 36.1 Å². The fraction of sp³-hybridized carbons (Fsp3) is 0.526. The number of hydrogen-bond acceptors (Lipinski definition) is 3. The van der Waals surface area contributed by atoms with E-state index < -0.39 is 23.8 Å². The molecule has 1 unspecified atom stereocenters. The van der Waals surface area contributed by atoms with Gasteiger partial charge in [-0.3, -0.25) is 0 Å². The number of fused-ring (bicyclic) bond motifs is 1. The van der Waals surface area contributed by atoms with Crippen LogP contribution in [0.2, 0.25) is 5.02 Å². The van der Waals surface area contributed by atoms with Crippen molar-refractivity contribution in [2.24, 2.45) is 5.92 Å². The molecule has 0 bridgehead atoms. The van der Waals surface area contributed by atoms with Gasteiger partial charge in [0.25, 0.3) is 0 Å². The maximum atomic E-state index is 13.3. The van der Waals surface area contributed by atoms with Gasteiger partial charge < -0.3 is 9.47 Å². The van der Waals surface area contributed by atoms with Gasteiger partial charge in [0.2, 0.25) is 6.10 Å². The van der Waals surface area contributed by atoms with Crippen LogP contribution in [0, 0.1) is 5.92 Å². The van der Waals surface area contributed by atoms with E-state index in [-0.39, 0.29) is 5.75 Å². The summed E-state index contributed by atoms with van der Waals surface area (Å²) in [7, 11) is 1.03. The standard InChI is InChI=1S/C19H20ClF3O3/c1-25-18(24)14-8-13-9-15(20)12(7-11-5-3-2-4-6-11)10-16(13)26-17(14)19(21,22)23/h8-11,17H,2-7H2,1H3. The zero-order chi connectivity index (χ0) is 18.9. The molecule has 2 aliphatic rings. The van der Waals surface area contributed by atoms with Gasteiger partial charge in [-0.2, -0.15) is 13.2 Å². The minimum Gasteiger partial charge on any atom is -0.475 e. The zero-order valence-corrected chi connectivity index (χ0v) is 15.1. The number of carbonyl (C=O) groups is 1. The van der Waals surface area contributed by atoms with Crippen LogP contribution in [0.1, 0.15) is 43.2 Å². The topological polar surface area (TPSA) is 35.5 Å². The first-order chi connectivity index (χ1) is 12.3. The minimum atomic E-state index is -4.72. The van der Waals surface area contributed by atoms with Crippen molar-refractivity contribution in [3.63, 3.8) is 0 Å². The Morgan fingerprint density at radius 3 is 2.58 bits per heavy atom. The van der Waals surface area contributed by atoms with Gasteiger partial charge in [-0.25, -0.2) is 4.79 Å². The molecule has 1 aliphatic carbocycles. The molecule has 1 heterocycles. The highest BCUT2D eigenvalue weighted by Gasteiger charge is 2.48. The molecule has 0 radical (unpaired) electrons. The lowest BCUT2D eigenvalue weighted by atomic mass is 9.84. The normalized spacial score (nSPS) is 20.8. The number of methoxy groups -OCH3 is 1.